The molecular weight excluding hydrogens is 244 g/mol. The van der Waals surface area contributed by atoms with Gasteiger partial charge in [0.2, 0.25) is 0 Å². The third-order valence-electron chi connectivity index (χ3n) is 3.78. The summed E-state index contributed by atoms with van der Waals surface area (Å²) in [5.41, 5.74) is 5.99. The van der Waals surface area contributed by atoms with E-state index < -0.39 is 0 Å². The highest BCUT2D eigenvalue weighted by atomic mass is 16.1. The van der Waals surface area contributed by atoms with Gasteiger partial charge < -0.3 is 4.79 Å². The first-order valence-corrected chi connectivity index (χ1v) is 6.92. The number of aldehydes is 1. The molecule has 0 aromatic heterocycles. The summed E-state index contributed by atoms with van der Waals surface area (Å²) in [7, 11) is 0. The normalized spacial score (nSPS) is 12.6. The summed E-state index contributed by atoms with van der Waals surface area (Å²) in [6.07, 6.45) is 5.21. The SMILES string of the molecule is Cc1cccc(C=Cc2ccccc2C(C)C=O)c1C. The monoisotopic (exact) mass is 264 g/mol. The maximum absolute atomic E-state index is 11.0. The van der Waals surface area contributed by atoms with Gasteiger partial charge in [-0.25, -0.2) is 0 Å². The highest BCUT2D eigenvalue weighted by Gasteiger charge is 2.07. The van der Waals surface area contributed by atoms with Gasteiger partial charge in [0.25, 0.3) is 0 Å². The molecule has 0 heterocycles. The van der Waals surface area contributed by atoms with Crippen LogP contribution in [0.15, 0.2) is 42.5 Å². The zero-order valence-electron chi connectivity index (χ0n) is 12.3. The van der Waals surface area contributed by atoms with Crippen molar-refractivity contribution in [1.82, 2.24) is 0 Å². The maximum Gasteiger partial charge on any atom is 0.127 e. The second-order valence-corrected chi connectivity index (χ2v) is 5.18. The Hall–Kier alpha value is -2.15. The predicted molar refractivity (Wildman–Crippen MR) is 85.8 cm³/mol. The van der Waals surface area contributed by atoms with Gasteiger partial charge in [-0.3, -0.25) is 0 Å². The topological polar surface area (TPSA) is 17.1 Å². The van der Waals surface area contributed by atoms with Crippen molar-refractivity contribution in [1.29, 1.82) is 0 Å². The van der Waals surface area contributed by atoms with Gasteiger partial charge in [-0.15, -0.1) is 0 Å². The van der Waals surface area contributed by atoms with Gasteiger partial charge >= 0.3 is 0 Å². The summed E-state index contributed by atoms with van der Waals surface area (Å²) < 4.78 is 0. The standard InChI is InChI=1S/C19H20O/c1-14-7-6-9-17(16(14)3)11-12-18-8-4-5-10-19(18)15(2)13-20/h4-13,15H,1-3H3. The van der Waals surface area contributed by atoms with Gasteiger partial charge in [0.15, 0.2) is 0 Å². The first-order valence-electron chi connectivity index (χ1n) is 6.92. The molecule has 0 aliphatic heterocycles. The Labute approximate surface area is 121 Å². The Bertz CT molecular complexity index is 638. The summed E-state index contributed by atoms with van der Waals surface area (Å²) in [6, 6.07) is 14.4. The lowest BCUT2D eigenvalue weighted by atomic mass is 9.95. The molecule has 20 heavy (non-hydrogen) atoms. The third kappa shape index (κ3) is 3.05. The van der Waals surface area contributed by atoms with Crippen molar-refractivity contribution in [2.45, 2.75) is 26.7 Å². The van der Waals surface area contributed by atoms with Crippen LogP contribution in [0.25, 0.3) is 12.2 Å². The Morgan fingerprint density at radius 2 is 1.55 bits per heavy atom. The number of aryl methyl sites for hydroxylation is 1. The Morgan fingerprint density at radius 3 is 2.30 bits per heavy atom. The minimum absolute atomic E-state index is 0.0746. The van der Waals surface area contributed by atoms with Gasteiger partial charge in [-0.2, -0.15) is 0 Å². The lowest BCUT2D eigenvalue weighted by Gasteiger charge is -2.09. The molecule has 1 nitrogen and oxygen atoms in total. The molecule has 0 amide bonds. The fraction of sp³-hybridized carbons (Fsp3) is 0.211. The number of benzene rings is 2. The lowest BCUT2D eigenvalue weighted by molar-refractivity contribution is -0.108. The van der Waals surface area contributed by atoms with Crippen LogP contribution < -0.4 is 0 Å². The molecule has 0 aliphatic carbocycles. The number of carbonyl (C=O) groups excluding carboxylic acids is 1. The minimum atomic E-state index is -0.0746. The number of hydrogen-bond acceptors (Lipinski definition) is 1. The molecule has 0 spiro atoms. The van der Waals surface area contributed by atoms with Crippen molar-refractivity contribution in [2.24, 2.45) is 0 Å². The fourth-order valence-electron chi connectivity index (χ4n) is 2.28. The molecule has 2 rings (SSSR count). The van der Waals surface area contributed by atoms with Crippen molar-refractivity contribution in [3.63, 3.8) is 0 Å². The van der Waals surface area contributed by atoms with E-state index in [0.717, 1.165) is 17.4 Å². The zero-order chi connectivity index (χ0) is 14.5. The predicted octanol–water partition coefficient (Wildman–Crippen LogP) is 4.78. The van der Waals surface area contributed by atoms with Gasteiger partial charge in [0, 0.05) is 5.92 Å². The summed E-state index contributed by atoms with van der Waals surface area (Å²) in [5.74, 6) is -0.0746. The molecule has 0 fully saturated rings. The van der Waals surface area contributed by atoms with E-state index in [9.17, 15) is 4.79 Å². The smallest absolute Gasteiger partial charge is 0.127 e. The van der Waals surface area contributed by atoms with Gasteiger partial charge in [0.05, 0.1) is 0 Å². The average Bonchev–Trinajstić information content (AvgIpc) is 2.48. The second-order valence-electron chi connectivity index (χ2n) is 5.18. The van der Waals surface area contributed by atoms with E-state index in [1.165, 1.54) is 16.7 Å². The quantitative estimate of drug-likeness (QED) is 0.574. The number of hydrogen-bond donors (Lipinski definition) is 0. The van der Waals surface area contributed by atoms with Crippen molar-refractivity contribution in [2.75, 3.05) is 0 Å². The molecule has 1 unspecified atom stereocenters. The second kappa shape index (κ2) is 6.33. The molecule has 0 saturated carbocycles. The molecule has 0 bridgehead atoms. The van der Waals surface area contributed by atoms with Gasteiger partial charge in [-0.1, -0.05) is 61.5 Å². The van der Waals surface area contributed by atoms with Crippen LogP contribution in [0.3, 0.4) is 0 Å². The van der Waals surface area contributed by atoms with E-state index in [4.69, 9.17) is 0 Å². The Morgan fingerprint density at radius 1 is 0.900 bits per heavy atom. The Balaban J connectivity index is 2.37. The average molecular weight is 264 g/mol. The van der Waals surface area contributed by atoms with Gasteiger partial charge in [0.1, 0.15) is 6.29 Å². The molecule has 0 radical (unpaired) electrons. The van der Waals surface area contributed by atoms with E-state index >= 15 is 0 Å². The van der Waals surface area contributed by atoms with Crippen LogP contribution in [0.1, 0.15) is 40.7 Å². The van der Waals surface area contributed by atoms with E-state index in [1.807, 2.05) is 25.1 Å². The van der Waals surface area contributed by atoms with Crippen LogP contribution in [-0.4, -0.2) is 6.29 Å². The highest BCUT2D eigenvalue weighted by Crippen LogP contribution is 2.21. The molecule has 1 heteroatoms. The maximum atomic E-state index is 11.0. The largest absolute Gasteiger partial charge is 0.303 e. The third-order valence-corrected chi connectivity index (χ3v) is 3.78. The molecule has 2 aromatic rings. The van der Waals surface area contributed by atoms with Crippen molar-refractivity contribution < 1.29 is 4.79 Å². The number of rotatable bonds is 4. The molecule has 1 atom stereocenters. The molecule has 2 aromatic carbocycles. The molecule has 0 aliphatic rings. The van der Waals surface area contributed by atoms with Gasteiger partial charge in [-0.05, 0) is 41.7 Å². The summed E-state index contributed by atoms with van der Waals surface area (Å²) in [5, 5.41) is 0. The summed E-state index contributed by atoms with van der Waals surface area (Å²) in [4.78, 5) is 11.0. The minimum Gasteiger partial charge on any atom is -0.303 e. The van der Waals surface area contributed by atoms with Crippen LogP contribution in [0.5, 0.6) is 0 Å². The van der Waals surface area contributed by atoms with Crippen LogP contribution in [0.2, 0.25) is 0 Å². The first-order chi connectivity index (χ1) is 9.63. The van der Waals surface area contributed by atoms with Crippen LogP contribution in [-0.2, 0) is 4.79 Å². The Kier molecular flexibility index (Phi) is 4.52. The highest BCUT2D eigenvalue weighted by molar-refractivity contribution is 5.75. The van der Waals surface area contributed by atoms with E-state index in [-0.39, 0.29) is 5.92 Å². The van der Waals surface area contributed by atoms with E-state index in [1.54, 1.807) is 0 Å². The molecular formula is C19H20O. The summed E-state index contributed by atoms with van der Waals surface area (Å²) in [6.45, 7) is 6.18. The summed E-state index contributed by atoms with van der Waals surface area (Å²) >= 11 is 0. The van der Waals surface area contributed by atoms with Crippen molar-refractivity contribution in [3.05, 3.63) is 70.3 Å². The van der Waals surface area contributed by atoms with Crippen molar-refractivity contribution >= 4 is 18.4 Å². The first kappa shape index (κ1) is 14.3. The van der Waals surface area contributed by atoms with Crippen LogP contribution >= 0.6 is 0 Å². The van der Waals surface area contributed by atoms with E-state index in [2.05, 4.69) is 50.3 Å². The number of carbonyl (C=O) groups is 1. The molecule has 0 N–H and O–H groups in total. The van der Waals surface area contributed by atoms with Crippen molar-refractivity contribution in [3.8, 4) is 0 Å². The van der Waals surface area contributed by atoms with Crippen LogP contribution in [0, 0.1) is 13.8 Å². The fourth-order valence-corrected chi connectivity index (χ4v) is 2.28. The van der Waals surface area contributed by atoms with Crippen LogP contribution in [0.4, 0.5) is 0 Å². The molecule has 0 saturated heterocycles. The zero-order valence-corrected chi connectivity index (χ0v) is 12.3. The van der Waals surface area contributed by atoms with E-state index in [0.29, 0.717) is 0 Å². The molecule has 102 valence electrons. The lowest BCUT2D eigenvalue weighted by Crippen LogP contribution is -1.96.